The van der Waals surface area contributed by atoms with E-state index in [4.69, 9.17) is 5.11 Å². The highest BCUT2D eigenvalue weighted by Crippen LogP contribution is 2.06. The molecule has 1 aromatic heterocycles. The van der Waals surface area contributed by atoms with Crippen molar-refractivity contribution in [3.05, 3.63) is 53.6 Å². The molecule has 2 N–H and O–H groups in total. The SMILES string of the molecule is O=C(O)c1ccnc(NCc2cccc(F)c2)n1. The third-order valence-corrected chi connectivity index (χ3v) is 2.21. The molecule has 0 fully saturated rings. The van der Waals surface area contributed by atoms with Crippen molar-refractivity contribution in [2.45, 2.75) is 6.54 Å². The molecule has 0 aliphatic carbocycles. The molecule has 0 saturated carbocycles. The lowest BCUT2D eigenvalue weighted by Crippen LogP contribution is -2.07. The third-order valence-electron chi connectivity index (χ3n) is 2.21. The molecule has 2 rings (SSSR count). The van der Waals surface area contributed by atoms with Crippen LogP contribution < -0.4 is 5.32 Å². The maximum Gasteiger partial charge on any atom is 0.354 e. The third kappa shape index (κ3) is 3.00. The molecule has 0 unspecified atom stereocenters. The number of hydrogen-bond donors (Lipinski definition) is 2. The van der Waals surface area contributed by atoms with Gasteiger partial charge in [0.05, 0.1) is 0 Å². The van der Waals surface area contributed by atoms with Gasteiger partial charge in [-0.25, -0.2) is 19.2 Å². The van der Waals surface area contributed by atoms with Crippen LogP contribution in [0.2, 0.25) is 0 Å². The van der Waals surface area contributed by atoms with Crippen LogP contribution in [-0.4, -0.2) is 21.0 Å². The molecule has 0 atom stereocenters. The number of anilines is 1. The lowest BCUT2D eigenvalue weighted by atomic mass is 10.2. The fraction of sp³-hybridized carbons (Fsp3) is 0.0833. The molecule has 0 radical (unpaired) electrons. The number of rotatable bonds is 4. The minimum atomic E-state index is -1.12. The van der Waals surface area contributed by atoms with E-state index in [2.05, 4.69) is 15.3 Å². The largest absolute Gasteiger partial charge is 0.477 e. The van der Waals surface area contributed by atoms with Gasteiger partial charge in [0.2, 0.25) is 5.95 Å². The molecule has 0 aliphatic rings. The maximum absolute atomic E-state index is 12.9. The van der Waals surface area contributed by atoms with Gasteiger partial charge in [-0.05, 0) is 23.8 Å². The van der Waals surface area contributed by atoms with E-state index in [0.717, 1.165) is 5.56 Å². The standard InChI is InChI=1S/C12H10FN3O2/c13-9-3-1-2-8(6-9)7-15-12-14-5-4-10(16-12)11(17)18/h1-6H,7H2,(H,17,18)(H,14,15,16). The van der Waals surface area contributed by atoms with E-state index in [1.54, 1.807) is 12.1 Å². The molecule has 92 valence electrons. The number of aromatic nitrogens is 2. The van der Waals surface area contributed by atoms with E-state index in [0.29, 0.717) is 6.54 Å². The fourth-order valence-corrected chi connectivity index (χ4v) is 1.39. The monoisotopic (exact) mass is 247 g/mol. The van der Waals surface area contributed by atoms with Crippen LogP contribution in [0.5, 0.6) is 0 Å². The van der Waals surface area contributed by atoms with E-state index in [1.807, 2.05) is 0 Å². The van der Waals surface area contributed by atoms with Gasteiger partial charge in [0.25, 0.3) is 0 Å². The molecule has 0 amide bonds. The van der Waals surface area contributed by atoms with Crippen LogP contribution >= 0.6 is 0 Å². The first-order valence-electron chi connectivity index (χ1n) is 5.20. The van der Waals surface area contributed by atoms with Crippen molar-refractivity contribution in [2.24, 2.45) is 0 Å². The Bertz CT molecular complexity index is 575. The molecule has 0 bridgehead atoms. The Balaban J connectivity index is 2.06. The summed E-state index contributed by atoms with van der Waals surface area (Å²) in [5, 5.41) is 11.6. The van der Waals surface area contributed by atoms with Crippen LogP contribution in [0.15, 0.2) is 36.5 Å². The quantitative estimate of drug-likeness (QED) is 0.863. The van der Waals surface area contributed by atoms with Gasteiger partial charge < -0.3 is 10.4 Å². The molecule has 0 saturated heterocycles. The Morgan fingerprint density at radius 2 is 2.22 bits per heavy atom. The fourth-order valence-electron chi connectivity index (χ4n) is 1.39. The summed E-state index contributed by atoms with van der Waals surface area (Å²) in [5.41, 5.74) is 0.631. The topological polar surface area (TPSA) is 75.1 Å². The summed E-state index contributed by atoms with van der Waals surface area (Å²) in [7, 11) is 0. The first-order chi connectivity index (χ1) is 8.65. The second-order valence-corrected chi connectivity index (χ2v) is 3.55. The Hall–Kier alpha value is -2.50. The van der Waals surface area contributed by atoms with Gasteiger partial charge in [-0.2, -0.15) is 0 Å². The highest BCUT2D eigenvalue weighted by atomic mass is 19.1. The van der Waals surface area contributed by atoms with Crippen LogP contribution in [0.25, 0.3) is 0 Å². The van der Waals surface area contributed by atoms with Crippen molar-refractivity contribution in [3.63, 3.8) is 0 Å². The first kappa shape index (κ1) is 12.0. The summed E-state index contributed by atoms with van der Waals surface area (Å²) in [6.45, 7) is 0.320. The molecule has 1 heterocycles. The van der Waals surface area contributed by atoms with Crippen molar-refractivity contribution in [3.8, 4) is 0 Å². The molecule has 6 heteroatoms. The van der Waals surface area contributed by atoms with Gasteiger partial charge in [0.1, 0.15) is 5.82 Å². The van der Waals surface area contributed by atoms with Crippen LogP contribution in [0.3, 0.4) is 0 Å². The van der Waals surface area contributed by atoms with Gasteiger partial charge in [0, 0.05) is 12.7 Å². The summed E-state index contributed by atoms with van der Waals surface area (Å²) in [4.78, 5) is 18.4. The van der Waals surface area contributed by atoms with Crippen LogP contribution in [0, 0.1) is 5.82 Å². The van der Waals surface area contributed by atoms with E-state index >= 15 is 0 Å². The van der Waals surface area contributed by atoms with E-state index < -0.39 is 5.97 Å². The van der Waals surface area contributed by atoms with Gasteiger partial charge in [-0.3, -0.25) is 0 Å². The van der Waals surface area contributed by atoms with Crippen LogP contribution in [-0.2, 0) is 6.54 Å². The lowest BCUT2D eigenvalue weighted by Gasteiger charge is -2.05. The molecule has 5 nitrogen and oxygen atoms in total. The molecule has 18 heavy (non-hydrogen) atoms. The van der Waals surface area contributed by atoms with Gasteiger partial charge in [-0.1, -0.05) is 12.1 Å². The first-order valence-corrected chi connectivity index (χ1v) is 5.20. The van der Waals surface area contributed by atoms with Gasteiger partial charge >= 0.3 is 5.97 Å². The Labute approximate surface area is 102 Å². The zero-order valence-corrected chi connectivity index (χ0v) is 9.30. The number of carboxylic acid groups (broad SMARTS) is 1. The predicted octanol–water partition coefficient (Wildman–Crippen LogP) is 1.93. The summed E-state index contributed by atoms with van der Waals surface area (Å²) >= 11 is 0. The number of halogens is 1. The van der Waals surface area contributed by atoms with E-state index in [1.165, 1.54) is 24.4 Å². The smallest absolute Gasteiger partial charge is 0.354 e. The van der Waals surface area contributed by atoms with E-state index in [-0.39, 0.29) is 17.5 Å². The predicted molar refractivity (Wildman–Crippen MR) is 62.7 cm³/mol. The van der Waals surface area contributed by atoms with Crippen molar-refractivity contribution < 1.29 is 14.3 Å². The van der Waals surface area contributed by atoms with Gasteiger partial charge in [-0.15, -0.1) is 0 Å². The number of nitrogens with one attached hydrogen (secondary N) is 1. The molecular weight excluding hydrogens is 237 g/mol. The van der Waals surface area contributed by atoms with Crippen LogP contribution in [0.1, 0.15) is 16.1 Å². The number of aromatic carboxylic acids is 1. The minimum Gasteiger partial charge on any atom is -0.477 e. The summed E-state index contributed by atoms with van der Waals surface area (Å²) in [6.07, 6.45) is 1.35. The number of carboxylic acids is 1. The summed E-state index contributed by atoms with van der Waals surface area (Å²) in [5.74, 6) is -1.25. The number of carbonyl (C=O) groups is 1. The second kappa shape index (κ2) is 5.22. The van der Waals surface area contributed by atoms with Crippen molar-refractivity contribution in [2.75, 3.05) is 5.32 Å². The summed E-state index contributed by atoms with van der Waals surface area (Å²) < 4.78 is 12.9. The van der Waals surface area contributed by atoms with Crippen molar-refractivity contribution >= 4 is 11.9 Å². The molecule has 2 aromatic rings. The zero-order valence-electron chi connectivity index (χ0n) is 9.30. The van der Waals surface area contributed by atoms with Gasteiger partial charge in [0.15, 0.2) is 5.69 Å². The molecular formula is C12H10FN3O2. The molecule has 1 aromatic carbocycles. The minimum absolute atomic E-state index is 0.0910. The Morgan fingerprint density at radius 3 is 2.94 bits per heavy atom. The number of nitrogens with zero attached hydrogens (tertiary/aromatic N) is 2. The maximum atomic E-state index is 12.9. The number of benzene rings is 1. The number of hydrogen-bond acceptors (Lipinski definition) is 4. The average molecular weight is 247 g/mol. The van der Waals surface area contributed by atoms with Crippen molar-refractivity contribution in [1.29, 1.82) is 0 Å². The Kier molecular flexibility index (Phi) is 3.47. The highest BCUT2D eigenvalue weighted by molar-refractivity contribution is 5.85. The lowest BCUT2D eigenvalue weighted by molar-refractivity contribution is 0.0690. The Morgan fingerprint density at radius 1 is 1.39 bits per heavy atom. The van der Waals surface area contributed by atoms with E-state index in [9.17, 15) is 9.18 Å². The average Bonchev–Trinajstić information content (AvgIpc) is 2.37. The van der Waals surface area contributed by atoms with Crippen LogP contribution in [0.4, 0.5) is 10.3 Å². The highest BCUT2D eigenvalue weighted by Gasteiger charge is 2.05. The molecule has 0 aliphatic heterocycles. The summed E-state index contributed by atoms with van der Waals surface area (Å²) in [6, 6.07) is 7.38. The zero-order chi connectivity index (χ0) is 13.0. The normalized spacial score (nSPS) is 10.1. The van der Waals surface area contributed by atoms with Crippen molar-refractivity contribution in [1.82, 2.24) is 9.97 Å². The second-order valence-electron chi connectivity index (χ2n) is 3.55. The molecule has 0 spiro atoms.